The minimum Gasteiger partial charge on any atom is -0.342 e. The molecule has 0 spiro atoms. The van der Waals surface area contributed by atoms with Crippen LogP contribution in [0.5, 0.6) is 0 Å². The second-order valence-electron chi connectivity index (χ2n) is 5.45. The standard InChI is InChI=1S/C12H26N2O/c1-9(8-13-6)11(15)14(7)10(2)12(3,4)5/h9-10,13H,8H2,1-7H3. The van der Waals surface area contributed by atoms with Crippen LogP contribution in [0.3, 0.4) is 0 Å². The first-order chi connectivity index (χ1) is 6.71. The molecular formula is C12H26N2O. The van der Waals surface area contributed by atoms with Gasteiger partial charge in [-0.3, -0.25) is 4.79 Å². The first-order valence-corrected chi connectivity index (χ1v) is 5.63. The molecule has 1 amide bonds. The lowest BCUT2D eigenvalue weighted by Gasteiger charge is -2.36. The molecule has 0 saturated carbocycles. The van der Waals surface area contributed by atoms with E-state index in [9.17, 15) is 4.79 Å². The molecule has 15 heavy (non-hydrogen) atoms. The molecule has 0 aromatic rings. The summed E-state index contributed by atoms with van der Waals surface area (Å²) in [7, 11) is 3.77. The van der Waals surface area contributed by atoms with Crippen LogP contribution in [0.15, 0.2) is 0 Å². The maximum absolute atomic E-state index is 12.0. The normalized spacial score (nSPS) is 15.9. The zero-order valence-electron chi connectivity index (χ0n) is 11.2. The first-order valence-electron chi connectivity index (χ1n) is 5.63. The van der Waals surface area contributed by atoms with Crippen LogP contribution < -0.4 is 5.32 Å². The van der Waals surface area contributed by atoms with Gasteiger partial charge in [0, 0.05) is 25.6 Å². The third kappa shape index (κ3) is 4.20. The Morgan fingerprint density at radius 1 is 1.33 bits per heavy atom. The fourth-order valence-corrected chi connectivity index (χ4v) is 1.51. The van der Waals surface area contributed by atoms with Gasteiger partial charge in [0.05, 0.1) is 0 Å². The fourth-order valence-electron chi connectivity index (χ4n) is 1.51. The van der Waals surface area contributed by atoms with E-state index < -0.39 is 0 Å². The number of nitrogens with zero attached hydrogens (tertiary/aromatic N) is 1. The molecule has 3 heteroatoms. The van der Waals surface area contributed by atoms with Gasteiger partial charge in [-0.1, -0.05) is 27.7 Å². The summed E-state index contributed by atoms with van der Waals surface area (Å²) in [5.41, 5.74) is 0.129. The van der Waals surface area contributed by atoms with Crippen LogP contribution in [0.1, 0.15) is 34.6 Å². The highest BCUT2D eigenvalue weighted by molar-refractivity contribution is 5.78. The quantitative estimate of drug-likeness (QED) is 0.773. The van der Waals surface area contributed by atoms with Crippen LogP contribution in [0.2, 0.25) is 0 Å². The summed E-state index contributed by atoms with van der Waals surface area (Å²) in [6.07, 6.45) is 0. The molecule has 0 bridgehead atoms. The number of carbonyl (C=O) groups excluding carboxylic acids is 1. The van der Waals surface area contributed by atoms with E-state index in [-0.39, 0.29) is 23.3 Å². The van der Waals surface area contributed by atoms with Gasteiger partial charge in [0.15, 0.2) is 0 Å². The summed E-state index contributed by atoms with van der Waals surface area (Å²) in [6, 6.07) is 0.254. The molecule has 2 unspecified atom stereocenters. The molecule has 90 valence electrons. The predicted molar refractivity (Wildman–Crippen MR) is 64.8 cm³/mol. The van der Waals surface area contributed by atoms with Gasteiger partial charge < -0.3 is 10.2 Å². The van der Waals surface area contributed by atoms with Crippen molar-refractivity contribution in [2.75, 3.05) is 20.6 Å². The van der Waals surface area contributed by atoms with Crippen molar-refractivity contribution < 1.29 is 4.79 Å². The van der Waals surface area contributed by atoms with E-state index in [2.05, 4.69) is 33.0 Å². The SMILES string of the molecule is CNCC(C)C(=O)N(C)C(C)C(C)(C)C. The van der Waals surface area contributed by atoms with Crippen LogP contribution in [0, 0.1) is 11.3 Å². The van der Waals surface area contributed by atoms with Crippen LogP contribution in [0.25, 0.3) is 0 Å². The number of rotatable bonds is 4. The van der Waals surface area contributed by atoms with Gasteiger partial charge in [-0.15, -0.1) is 0 Å². The second kappa shape index (κ2) is 5.50. The lowest BCUT2D eigenvalue weighted by Crippen LogP contribution is -2.46. The minimum atomic E-state index is 0.0461. The van der Waals surface area contributed by atoms with Crippen molar-refractivity contribution in [1.29, 1.82) is 0 Å². The Hall–Kier alpha value is -0.570. The zero-order chi connectivity index (χ0) is 12.2. The second-order valence-corrected chi connectivity index (χ2v) is 5.45. The van der Waals surface area contributed by atoms with E-state index in [4.69, 9.17) is 0 Å². The molecule has 0 aromatic carbocycles. The highest BCUT2D eigenvalue weighted by atomic mass is 16.2. The molecule has 0 aliphatic heterocycles. The molecule has 0 aromatic heterocycles. The van der Waals surface area contributed by atoms with E-state index in [1.807, 2.05) is 25.9 Å². The van der Waals surface area contributed by atoms with Crippen molar-refractivity contribution in [3.8, 4) is 0 Å². The summed E-state index contributed by atoms with van der Waals surface area (Å²) in [5, 5.41) is 3.03. The Labute approximate surface area is 94.2 Å². The third-order valence-electron chi connectivity index (χ3n) is 3.11. The number of nitrogens with one attached hydrogen (secondary N) is 1. The summed E-state index contributed by atoms with van der Waals surface area (Å²) < 4.78 is 0. The highest BCUT2D eigenvalue weighted by Gasteiger charge is 2.28. The first kappa shape index (κ1) is 14.4. The van der Waals surface area contributed by atoms with Crippen LogP contribution >= 0.6 is 0 Å². The molecule has 0 heterocycles. The lowest BCUT2D eigenvalue weighted by atomic mass is 9.86. The average molecular weight is 214 g/mol. The van der Waals surface area contributed by atoms with Crippen molar-refractivity contribution in [3.05, 3.63) is 0 Å². The van der Waals surface area contributed by atoms with E-state index in [1.165, 1.54) is 0 Å². The van der Waals surface area contributed by atoms with E-state index in [1.54, 1.807) is 0 Å². The van der Waals surface area contributed by atoms with Crippen LogP contribution in [-0.2, 0) is 4.79 Å². The smallest absolute Gasteiger partial charge is 0.226 e. The fraction of sp³-hybridized carbons (Fsp3) is 0.917. The van der Waals surface area contributed by atoms with Crippen molar-refractivity contribution in [1.82, 2.24) is 10.2 Å². The molecule has 0 rings (SSSR count). The Bertz CT molecular complexity index is 208. The number of amides is 1. The summed E-state index contributed by atoms with van der Waals surface area (Å²) in [4.78, 5) is 13.9. The number of hydrogen-bond acceptors (Lipinski definition) is 2. The van der Waals surface area contributed by atoms with Crippen molar-refractivity contribution >= 4 is 5.91 Å². The molecular weight excluding hydrogens is 188 g/mol. The van der Waals surface area contributed by atoms with Gasteiger partial charge in [0.1, 0.15) is 0 Å². The van der Waals surface area contributed by atoms with Gasteiger partial charge in [-0.05, 0) is 19.4 Å². The Balaban J connectivity index is 4.44. The topological polar surface area (TPSA) is 32.3 Å². The summed E-state index contributed by atoms with van der Waals surface area (Å²) in [6.45, 7) is 11.3. The van der Waals surface area contributed by atoms with Gasteiger partial charge in [0.25, 0.3) is 0 Å². The van der Waals surface area contributed by atoms with Gasteiger partial charge in [-0.2, -0.15) is 0 Å². The molecule has 0 saturated heterocycles. The Morgan fingerprint density at radius 3 is 2.13 bits per heavy atom. The maximum atomic E-state index is 12.0. The van der Waals surface area contributed by atoms with Crippen LogP contribution in [0.4, 0.5) is 0 Å². The number of hydrogen-bond donors (Lipinski definition) is 1. The van der Waals surface area contributed by atoms with E-state index >= 15 is 0 Å². The molecule has 0 aliphatic carbocycles. The molecule has 2 atom stereocenters. The van der Waals surface area contributed by atoms with Crippen molar-refractivity contribution in [2.45, 2.75) is 40.7 Å². The maximum Gasteiger partial charge on any atom is 0.226 e. The average Bonchev–Trinajstić information content (AvgIpc) is 2.13. The Morgan fingerprint density at radius 2 is 1.80 bits per heavy atom. The summed E-state index contributed by atoms with van der Waals surface area (Å²) >= 11 is 0. The molecule has 0 aliphatic rings. The number of carbonyl (C=O) groups is 1. The van der Waals surface area contributed by atoms with Crippen molar-refractivity contribution in [2.24, 2.45) is 11.3 Å². The van der Waals surface area contributed by atoms with Gasteiger partial charge in [-0.25, -0.2) is 0 Å². The lowest BCUT2D eigenvalue weighted by molar-refractivity contribution is -0.137. The van der Waals surface area contributed by atoms with Crippen molar-refractivity contribution in [3.63, 3.8) is 0 Å². The van der Waals surface area contributed by atoms with Gasteiger partial charge >= 0.3 is 0 Å². The van der Waals surface area contributed by atoms with Crippen LogP contribution in [-0.4, -0.2) is 37.5 Å². The van der Waals surface area contributed by atoms with E-state index in [0.29, 0.717) is 0 Å². The molecule has 0 radical (unpaired) electrons. The largest absolute Gasteiger partial charge is 0.342 e. The minimum absolute atomic E-state index is 0.0461. The zero-order valence-corrected chi connectivity index (χ0v) is 11.2. The van der Waals surface area contributed by atoms with Gasteiger partial charge in [0.2, 0.25) is 5.91 Å². The van der Waals surface area contributed by atoms with E-state index in [0.717, 1.165) is 6.54 Å². The molecule has 1 N–H and O–H groups in total. The summed E-state index contributed by atoms with van der Waals surface area (Å²) in [5.74, 6) is 0.261. The molecule has 3 nitrogen and oxygen atoms in total. The Kier molecular flexibility index (Phi) is 5.29. The molecule has 0 fully saturated rings. The third-order valence-corrected chi connectivity index (χ3v) is 3.11. The predicted octanol–water partition coefficient (Wildman–Crippen LogP) is 1.73. The highest BCUT2D eigenvalue weighted by Crippen LogP contribution is 2.23. The monoisotopic (exact) mass is 214 g/mol.